The largest absolute Gasteiger partial charge is 0.462 e. The third-order valence-corrected chi connectivity index (χ3v) is 5.62. The SMILES string of the molecule is CCOC(=O)c1c(NC(=O)c2ccccc2)sc(C(=O)Nc2cccc([N+](=O)[O-])c2)c1C. The normalized spacial score (nSPS) is 10.3. The van der Waals surface area contributed by atoms with Crippen LogP contribution in [-0.2, 0) is 4.74 Å². The van der Waals surface area contributed by atoms with Crippen LogP contribution in [0.15, 0.2) is 54.6 Å². The second-order valence-electron chi connectivity index (χ2n) is 6.56. The number of amides is 2. The lowest BCUT2D eigenvalue weighted by Gasteiger charge is -2.07. The Morgan fingerprint density at radius 3 is 2.41 bits per heavy atom. The molecule has 0 unspecified atom stereocenters. The average molecular weight is 453 g/mol. The molecule has 0 saturated carbocycles. The van der Waals surface area contributed by atoms with Gasteiger partial charge in [-0.15, -0.1) is 11.3 Å². The van der Waals surface area contributed by atoms with E-state index in [1.165, 1.54) is 24.3 Å². The van der Waals surface area contributed by atoms with E-state index in [4.69, 9.17) is 4.74 Å². The van der Waals surface area contributed by atoms with Gasteiger partial charge in [-0.25, -0.2) is 4.79 Å². The summed E-state index contributed by atoms with van der Waals surface area (Å²) in [5.74, 6) is -1.68. The molecule has 0 atom stereocenters. The van der Waals surface area contributed by atoms with Crippen LogP contribution in [0.3, 0.4) is 0 Å². The maximum Gasteiger partial charge on any atom is 0.341 e. The number of carbonyl (C=O) groups excluding carboxylic acids is 3. The molecule has 0 saturated heterocycles. The number of hydrogen-bond donors (Lipinski definition) is 2. The number of hydrogen-bond acceptors (Lipinski definition) is 7. The number of rotatable bonds is 7. The van der Waals surface area contributed by atoms with Crippen molar-refractivity contribution in [3.8, 4) is 0 Å². The number of benzene rings is 2. The third-order valence-electron chi connectivity index (χ3n) is 4.41. The van der Waals surface area contributed by atoms with E-state index in [9.17, 15) is 24.5 Å². The van der Waals surface area contributed by atoms with Gasteiger partial charge < -0.3 is 15.4 Å². The van der Waals surface area contributed by atoms with Crippen molar-refractivity contribution in [1.29, 1.82) is 0 Å². The van der Waals surface area contributed by atoms with Crippen molar-refractivity contribution in [2.45, 2.75) is 13.8 Å². The van der Waals surface area contributed by atoms with E-state index in [1.54, 1.807) is 44.2 Å². The van der Waals surface area contributed by atoms with E-state index in [1.807, 2.05) is 0 Å². The molecule has 2 amide bonds. The lowest BCUT2D eigenvalue weighted by atomic mass is 10.1. The molecule has 2 N–H and O–H groups in total. The number of anilines is 2. The molecule has 164 valence electrons. The van der Waals surface area contributed by atoms with Crippen LogP contribution in [0.4, 0.5) is 16.4 Å². The summed E-state index contributed by atoms with van der Waals surface area (Å²) in [6.45, 7) is 3.34. The number of nitro groups is 1. The van der Waals surface area contributed by atoms with Gasteiger partial charge in [0.1, 0.15) is 5.00 Å². The van der Waals surface area contributed by atoms with Gasteiger partial charge in [0.25, 0.3) is 17.5 Å². The molecule has 10 heteroatoms. The smallest absolute Gasteiger partial charge is 0.341 e. The fraction of sp³-hybridized carbons (Fsp3) is 0.136. The van der Waals surface area contributed by atoms with Gasteiger partial charge in [-0.1, -0.05) is 24.3 Å². The van der Waals surface area contributed by atoms with Crippen LogP contribution < -0.4 is 10.6 Å². The Bertz CT molecular complexity index is 1190. The minimum Gasteiger partial charge on any atom is -0.462 e. The summed E-state index contributed by atoms with van der Waals surface area (Å²) in [6.07, 6.45) is 0. The Kier molecular flexibility index (Phi) is 6.96. The summed E-state index contributed by atoms with van der Waals surface area (Å²) in [7, 11) is 0. The average Bonchev–Trinajstić information content (AvgIpc) is 3.10. The first kappa shape index (κ1) is 22.6. The summed E-state index contributed by atoms with van der Waals surface area (Å²) < 4.78 is 5.10. The highest BCUT2D eigenvalue weighted by molar-refractivity contribution is 7.19. The van der Waals surface area contributed by atoms with Crippen molar-refractivity contribution in [2.24, 2.45) is 0 Å². The van der Waals surface area contributed by atoms with Crippen LogP contribution in [0.2, 0.25) is 0 Å². The van der Waals surface area contributed by atoms with Gasteiger partial charge in [0.15, 0.2) is 0 Å². The van der Waals surface area contributed by atoms with Crippen molar-refractivity contribution in [1.82, 2.24) is 0 Å². The molecule has 1 heterocycles. The van der Waals surface area contributed by atoms with Crippen molar-refractivity contribution in [3.05, 3.63) is 86.3 Å². The molecule has 9 nitrogen and oxygen atoms in total. The van der Waals surface area contributed by atoms with E-state index in [-0.39, 0.29) is 33.4 Å². The predicted molar refractivity (Wildman–Crippen MR) is 120 cm³/mol. The van der Waals surface area contributed by atoms with Gasteiger partial charge >= 0.3 is 5.97 Å². The van der Waals surface area contributed by atoms with E-state index in [0.29, 0.717) is 11.1 Å². The van der Waals surface area contributed by atoms with Crippen LogP contribution in [0.25, 0.3) is 0 Å². The first-order chi connectivity index (χ1) is 15.3. The highest BCUT2D eigenvalue weighted by Crippen LogP contribution is 2.35. The van der Waals surface area contributed by atoms with Crippen molar-refractivity contribution >= 4 is 45.5 Å². The van der Waals surface area contributed by atoms with Crippen molar-refractivity contribution in [3.63, 3.8) is 0 Å². The number of ether oxygens (including phenoxy) is 1. The van der Waals surface area contributed by atoms with Gasteiger partial charge in [0.2, 0.25) is 0 Å². The lowest BCUT2D eigenvalue weighted by Crippen LogP contribution is -2.15. The number of carbonyl (C=O) groups is 3. The Morgan fingerprint density at radius 1 is 1.03 bits per heavy atom. The molecule has 0 radical (unpaired) electrons. The molecular weight excluding hydrogens is 434 g/mol. The zero-order valence-electron chi connectivity index (χ0n) is 17.2. The molecule has 0 fully saturated rings. The molecule has 3 rings (SSSR count). The summed E-state index contributed by atoms with van der Waals surface area (Å²) in [5, 5.41) is 16.4. The van der Waals surface area contributed by atoms with Gasteiger partial charge in [-0.05, 0) is 37.6 Å². The van der Waals surface area contributed by atoms with Crippen LogP contribution >= 0.6 is 11.3 Å². The van der Waals surface area contributed by atoms with Gasteiger partial charge in [0, 0.05) is 23.4 Å². The number of nitro benzene ring substituents is 1. The Balaban J connectivity index is 1.94. The molecule has 0 bridgehead atoms. The number of nitrogens with zero attached hydrogens (tertiary/aromatic N) is 1. The molecule has 3 aromatic rings. The molecular formula is C22H19N3O6S. The second-order valence-corrected chi connectivity index (χ2v) is 7.58. The van der Waals surface area contributed by atoms with E-state index < -0.39 is 22.7 Å². The Labute approximate surface area is 187 Å². The van der Waals surface area contributed by atoms with Crippen molar-refractivity contribution < 1.29 is 24.0 Å². The molecule has 0 aliphatic rings. The summed E-state index contributed by atoms with van der Waals surface area (Å²) in [6, 6.07) is 13.9. The maximum atomic E-state index is 12.9. The fourth-order valence-corrected chi connectivity index (χ4v) is 4.00. The van der Waals surface area contributed by atoms with Crippen molar-refractivity contribution in [2.75, 3.05) is 17.2 Å². The van der Waals surface area contributed by atoms with Crippen LogP contribution in [-0.4, -0.2) is 29.3 Å². The maximum absolute atomic E-state index is 12.9. The zero-order valence-corrected chi connectivity index (χ0v) is 18.0. The summed E-state index contributed by atoms with van der Waals surface area (Å²) >= 11 is 0.922. The topological polar surface area (TPSA) is 128 Å². The van der Waals surface area contributed by atoms with Crippen LogP contribution in [0.1, 0.15) is 42.9 Å². The van der Waals surface area contributed by atoms with E-state index >= 15 is 0 Å². The standard InChI is InChI=1S/C22H19N3O6S/c1-3-31-22(28)17-13(2)18(20(27)23-15-10-7-11-16(12-15)25(29)30)32-21(17)24-19(26)14-8-5-4-6-9-14/h4-12H,3H2,1-2H3,(H,23,27)(H,24,26). The highest BCUT2D eigenvalue weighted by Gasteiger charge is 2.27. The Hall–Kier alpha value is -4.05. The van der Waals surface area contributed by atoms with Gasteiger partial charge in [-0.2, -0.15) is 0 Å². The number of nitrogens with one attached hydrogen (secondary N) is 2. The number of non-ortho nitro benzene ring substituents is 1. The molecule has 0 aliphatic carbocycles. The van der Waals surface area contributed by atoms with Gasteiger partial charge in [-0.3, -0.25) is 19.7 Å². The predicted octanol–water partition coefficient (Wildman–Crippen LogP) is 4.65. The molecule has 0 spiro atoms. The highest BCUT2D eigenvalue weighted by atomic mass is 32.1. The van der Waals surface area contributed by atoms with Gasteiger partial charge in [0.05, 0.1) is 22.0 Å². The molecule has 1 aromatic heterocycles. The van der Waals surface area contributed by atoms with Crippen LogP contribution in [0, 0.1) is 17.0 Å². The minimum atomic E-state index is -0.668. The number of thiophene rings is 1. The Morgan fingerprint density at radius 2 is 1.75 bits per heavy atom. The third kappa shape index (κ3) is 4.98. The fourth-order valence-electron chi connectivity index (χ4n) is 2.92. The van der Waals surface area contributed by atoms with E-state index in [2.05, 4.69) is 10.6 Å². The monoisotopic (exact) mass is 453 g/mol. The first-order valence-corrected chi connectivity index (χ1v) is 10.4. The first-order valence-electron chi connectivity index (χ1n) is 9.54. The zero-order chi connectivity index (χ0) is 23.3. The minimum absolute atomic E-state index is 0.0883. The van der Waals surface area contributed by atoms with E-state index in [0.717, 1.165) is 11.3 Å². The molecule has 0 aliphatic heterocycles. The summed E-state index contributed by atoms with van der Waals surface area (Å²) in [5.41, 5.74) is 0.860. The van der Waals surface area contributed by atoms with Crippen LogP contribution in [0.5, 0.6) is 0 Å². The molecule has 2 aromatic carbocycles. The lowest BCUT2D eigenvalue weighted by molar-refractivity contribution is -0.384. The number of esters is 1. The second kappa shape index (κ2) is 9.84. The quantitative estimate of drug-likeness (QED) is 0.305. The summed E-state index contributed by atoms with van der Waals surface area (Å²) in [4.78, 5) is 48.6. The molecule has 32 heavy (non-hydrogen) atoms.